The van der Waals surface area contributed by atoms with Crippen molar-refractivity contribution < 1.29 is 0 Å². The lowest BCUT2D eigenvalue weighted by molar-refractivity contribution is 0.145. The molecule has 2 nitrogen and oxygen atoms in total. The fourth-order valence-electron chi connectivity index (χ4n) is 2.78. The standard InChI is InChI=1S/C17H28N2/c1-4-14-9-11-15(12-10-14)17(18-5-2)13-19(3)16-7-6-8-16/h9-12,16-18H,4-8,13H2,1-3H3. The molecule has 2 rings (SSSR count). The summed E-state index contributed by atoms with van der Waals surface area (Å²) in [6, 6.07) is 10.4. The summed E-state index contributed by atoms with van der Waals surface area (Å²) in [6.45, 7) is 6.54. The molecular weight excluding hydrogens is 232 g/mol. The van der Waals surface area contributed by atoms with Crippen LogP contribution in [0.2, 0.25) is 0 Å². The predicted octanol–water partition coefficient (Wildman–Crippen LogP) is 3.38. The lowest BCUT2D eigenvalue weighted by atomic mass is 9.91. The third-order valence-electron chi connectivity index (χ3n) is 4.41. The normalized spacial score (nSPS) is 17.5. The lowest BCUT2D eigenvalue weighted by Crippen LogP contribution is -2.42. The molecule has 0 aromatic heterocycles. The van der Waals surface area contributed by atoms with E-state index in [0.29, 0.717) is 6.04 Å². The predicted molar refractivity (Wildman–Crippen MR) is 82.5 cm³/mol. The molecule has 1 saturated carbocycles. The smallest absolute Gasteiger partial charge is 0.0449 e. The van der Waals surface area contributed by atoms with E-state index in [2.05, 4.69) is 55.4 Å². The van der Waals surface area contributed by atoms with Crippen molar-refractivity contribution in [3.05, 3.63) is 35.4 Å². The Morgan fingerprint density at radius 3 is 2.37 bits per heavy atom. The van der Waals surface area contributed by atoms with Gasteiger partial charge in [-0.1, -0.05) is 44.5 Å². The maximum atomic E-state index is 3.63. The van der Waals surface area contributed by atoms with Gasteiger partial charge in [-0.15, -0.1) is 0 Å². The van der Waals surface area contributed by atoms with Crippen molar-refractivity contribution in [2.24, 2.45) is 0 Å². The molecule has 1 aliphatic carbocycles. The van der Waals surface area contributed by atoms with Gasteiger partial charge in [-0.25, -0.2) is 0 Å². The molecule has 1 aromatic rings. The highest BCUT2D eigenvalue weighted by Crippen LogP contribution is 2.25. The molecule has 0 saturated heterocycles. The van der Waals surface area contributed by atoms with Crippen molar-refractivity contribution in [1.82, 2.24) is 10.2 Å². The van der Waals surface area contributed by atoms with E-state index < -0.39 is 0 Å². The molecule has 0 spiro atoms. The molecule has 1 unspecified atom stereocenters. The number of rotatable bonds is 7. The largest absolute Gasteiger partial charge is 0.309 e. The van der Waals surface area contributed by atoms with Gasteiger partial charge in [0.2, 0.25) is 0 Å². The van der Waals surface area contributed by atoms with Crippen LogP contribution in [-0.2, 0) is 6.42 Å². The Kier molecular flexibility index (Phi) is 5.41. The minimum absolute atomic E-state index is 0.460. The van der Waals surface area contributed by atoms with Gasteiger partial charge in [0.05, 0.1) is 0 Å². The van der Waals surface area contributed by atoms with Crippen molar-refractivity contribution in [3.63, 3.8) is 0 Å². The van der Waals surface area contributed by atoms with Crippen LogP contribution < -0.4 is 5.32 Å². The molecule has 106 valence electrons. The second-order valence-corrected chi connectivity index (χ2v) is 5.73. The van der Waals surface area contributed by atoms with E-state index in [-0.39, 0.29) is 0 Å². The van der Waals surface area contributed by atoms with Gasteiger partial charge in [-0.05, 0) is 44.0 Å². The van der Waals surface area contributed by atoms with Gasteiger partial charge in [0.15, 0.2) is 0 Å². The first-order valence-corrected chi connectivity index (χ1v) is 7.77. The number of benzene rings is 1. The Balaban J connectivity index is 2.00. The number of hydrogen-bond donors (Lipinski definition) is 1. The van der Waals surface area contributed by atoms with E-state index in [1.807, 2.05) is 0 Å². The van der Waals surface area contributed by atoms with Gasteiger partial charge in [0.1, 0.15) is 0 Å². The highest BCUT2D eigenvalue weighted by molar-refractivity contribution is 5.25. The van der Waals surface area contributed by atoms with E-state index in [1.165, 1.54) is 30.4 Å². The van der Waals surface area contributed by atoms with Crippen molar-refractivity contribution in [1.29, 1.82) is 0 Å². The Labute approximate surface area is 118 Å². The Morgan fingerprint density at radius 2 is 1.89 bits per heavy atom. The Morgan fingerprint density at radius 1 is 1.21 bits per heavy atom. The van der Waals surface area contributed by atoms with E-state index >= 15 is 0 Å². The second kappa shape index (κ2) is 7.06. The van der Waals surface area contributed by atoms with Crippen LogP contribution in [0.4, 0.5) is 0 Å². The minimum atomic E-state index is 0.460. The summed E-state index contributed by atoms with van der Waals surface area (Å²) in [4.78, 5) is 2.53. The summed E-state index contributed by atoms with van der Waals surface area (Å²) in [7, 11) is 2.27. The van der Waals surface area contributed by atoms with Gasteiger partial charge >= 0.3 is 0 Å². The highest BCUT2D eigenvalue weighted by Gasteiger charge is 2.24. The molecule has 1 atom stereocenters. The fourth-order valence-corrected chi connectivity index (χ4v) is 2.78. The van der Waals surface area contributed by atoms with Crippen LogP contribution in [-0.4, -0.2) is 31.1 Å². The van der Waals surface area contributed by atoms with Crippen LogP contribution in [0, 0.1) is 0 Å². The van der Waals surface area contributed by atoms with Crippen molar-refractivity contribution in [3.8, 4) is 0 Å². The molecule has 0 bridgehead atoms. The van der Waals surface area contributed by atoms with Gasteiger partial charge in [-0.3, -0.25) is 0 Å². The van der Waals surface area contributed by atoms with E-state index in [1.54, 1.807) is 0 Å². The highest BCUT2D eigenvalue weighted by atomic mass is 15.2. The molecule has 0 heterocycles. The quantitative estimate of drug-likeness (QED) is 0.808. The average molecular weight is 260 g/mol. The van der Waals surface area contributed by atoms with Crippen LogP contribution >= 0.6 is 0 Å². The maximum absolute atomic E-state index is 3.63. The van der Waals surface area contributed by atoms with E-state index in [0.717, 1.165) is 25.6 Å². The van der Waals surface area contributed by atoms with Crippen LogP contribution in [0.25, 0.3) is 0 Å². The minimum Gasteiger partial charge on any atom is -0.309 e. The number of aryl methyl sites for hydroxylation is 1. The van der Waals surface area contributed by atoms with Gasteiger partial charge in [0, 0.05) is 18.6 Å². The summed E-state index contributed by atoms with van der Waals surface area (Å²) in [5.74, 6) is 0. The van der Waals surface area contributed by atoms with Crippen LogP contribution in [0.1, 0.15) is 50.3 Å². The number of nitrogens with one attached hydrogen (secondary N) is 1. The molecule has 0 amide bonds. The monoisotopic (exact) mass is 260 g/mol. The molecule has 1 N–H and O–H groups in total. The molecule has 1 aliphatic rings. The molecule has 0 radical (unpaired) electrons. The number of likely N-dealkylation sites (N-methyl/N-ethyl adjacent to an activating group) is 2. The van der Waals surface area contributed by atoms with Crippen LogP contribution in [0.15, 0.2) is 24.3 Å². The average Bonchev–Trinajstić information content (AvgIpc) is 2.36. The Hall–Kier alpha value is -0.860. The van der Waals surface area contributed by atoms with Gasteiger partial charge in [0.25, 0.3) is 0 Å². The first-order valence-electron chi connectivity index (χ1n) is 7.77. The summed E-state index contributed by atoms with van der Waals surface area (Å²) in [5, 5.41) is 3.63. The molecule has 2 heteroatoms. The van der Waals surface area contributed by atoms with Crippen molar-refractivity contribution in [2.75, 3.05) is 20.1 Å². The lowest BCUT2D eigenvalue weighted by Gasteiger charge is -2.37. The third kappa shape index (κ3) is 3.80. The fraction of sp³-hybridized carbons (Fsp3) is 0.647. The number of hydrogen-bond acceptors (Lipinski definition) is 2. The molecule has 1 aromatic carbocycles. The zero-order valence-corrected chi connectivity index (χ0v) is 12.7. The summed E-state index contributed by atoms with van der Waals surface area (Å²) < 4.78 is 0. The maximum Gasteiger partial charge on any atom is 0.0449 e. The van der Waals surface area contributed by atoms with E-state index in [4.69, 9.17) is 0 Å². The summed E-state index contributed by atoms with van der Waals surface area (Å²) in [6.07, 6.45) is 5.29. The molecular formula is C17H28N2. The number of nitrogens with zero attached hydrogens (tertiary/aromatic N) is 1. The SMILES string of the molecule is CCNC(CN(C)C1CCC1)c1ccc(CC)cc1. The zero-order chi connectivity index (χ0) is 13.7. The molecule has 0 aliphatic heterocycles. The topological polar surface area (TPSA) is 15.3 Å². The van der Waals surface area contributed by atoms with Crippen molar-refractivity contribution in [2.45, 2.75) is 51.6 Å². The summed E-state index contributed by atoms with van der Waals surface area (Å²) in [5.41, 5.74) is 2.84. The zero-order valence-electron chi connectivity index (χ0n) is 12.7. The Bertz CT molecular complexity index is 367. The third-order valence-corrected chi connectivity index (χ3v) is 4.41. The van der Waals surface area contributed by atoms with Crippen molar-refractivity contribution >= 4 is 0 Å². The van der Waals surface area contributed by atoms with Gasteiger partial charge < -0.3 is 10.2 Å². The van der Waals surface area contributed by atoms with Gasteiger partial charge in [-0.2, -0.15) is 0 Å². The first kappa shape index (κ1) is 14.5. The van der Waals surface area contributed by atoms with E-state index in [9.17, 15) is 0 Å². The van der Waals surface area contributed by atoms with Crippen LogP contribution in [0.5, 0.6) is 0 Å². The summed E-state index contributed by atoms with van der Waals surface area (Å²) >= 11 is 0. The molecule has 19 heavy (non-hydrogen) atoms. The first-order chi connectivity index (χ1) is 9.24. The molecule has 1 fully saturated rings. The second-order valence-electron chi connectivity index (χ2n) is 5.73. The van der Waals surface area contributed by atoms with Crippen LogP contribution in [0.3, 0.4) is 0 Å².